The molecule has 23 heavy (non-hydrogen) atoms. The van der Waals surface area contributed by atoms with Gasteiger partial charge in [0.2, 0.25) is 0 Å². The molecular formula is C16H21FN4O2. The predicted octanol–water partition coefficient (Wildman–Crippen LogP) is 1.54. The van der Waals surface area contributed by atoms with Gasteiger partial charge in [-0.1, -0.05) is 18.2 Å². The fourth-order valence-corrected chi connectivity index (χ4v) is 2.87. The molecular weight excluding hydrogens is 299 g/mol. The van der Waals surface area contributed by atoms with E-state index in [-0.39, 0.29) is 11.9 Å². The Kier molecular flexibility index (Phi) is 5.00. The average molecular weight is 320 g/mol. The van der Waals surface area contributed by atoms with E-state index in [2.05, 4.69) is 15.1 Å². The maximum atomic E-state index is 13.8. The van der Waals surface area contributed by atoms with E-state index >= 15 is 0 Å². The van der Waals surface area contributed by atoms with Crippen LogP contribution < -0.4 is 0 Å². The maximum absolute atomic E-state index is 13.8. The molecule has 2 heterocycles. The van der Waals surface area contributed by atoms with E-state index < -0.39 is 6.10 Å². The molecule has 1 aromatic carbocycles. The summed E-state index contributed by atoms with van der Waals surface area (Å²) in [4.78, 5) is 2.07. The van der Waals surface area contributed by atoms with Crippen molar-refractivity contribution in [1.82, 2.24) is 19.7 Å². The van der Waals surface area contributed by atoms with Gasteiger partial charge in [-0.15, -0.1) is 10.2 Å². The number of ether oxygens (including phenoxy) is 1. The molecule has 1 aliphatic rings. The zero-order valence-corrected chi connectivity index (χ0v) is 13.1. The smallest absolute Gasteiger partial charge is 0.163 e. The maximum Gasteiger partial charge on any atom is 0.163 e. The number of nitrogens with zero attached hydrogens (tertiary/aromatic N) is 4. The monoisotopic (exact) mass is 320 g/mol. The van der Waals surface area contributed by atoms with E-state index in [9.17, 15) is 9.50 Å². The van der Waals surface area contributed by atoms with E-state index in [0.29, 0.717) is 31.8 Å². The Morgan fingerprint density at radius 1 is 1.43 bits per heavy atom. The molecule has 0 amide bonds. The molecule has 0 saturated carbocycles. The van der Waals surface area contributed by atoms with Gasteiger partial charge in [-0.2, -0.15) is 0 Å². The van der Waals surface area contributed by atoms with Crippen molar-refractivity contribution in [2.24, 2.45) is 0 Å². The lowest BCUT2D eigenvalue weighted by atomic mass is 10.1. The van der Waals surface area contributed by atoms with Crippen molar-refractivity contribution < 1.29 is 14.2 Å². The lowest BCUT2D eigenvalue weighted by Gasteiger charge is -2.33. The number of benzene rings is 1. The Morgan fingerprint density at radius 2 is 2.26 bits per heavy atom. The van der Waals surface area contributed by atoms with Crippen LogP contribution in [0.15, 0.2) is 30.6 Å². The summed E-state index contributed by atoms with van der Waals surface area (Å²) in [5.74, 6) is 0.410. The van der Waals surface area contributed by atoms with Crippen molar-refractivity contribution >= 4 is 0 Å². The number of hydrogen-bond acceptors (Lipinski definition) is 5. The molecule has 1 N–H and O–H groups in total. The van der Waals surface area contributed by atoms with E-state index in [4.69, 9.17) is 4.74 Å². The molecule has 0 aliphatic carbocycles. The summed E-state index contributed by atoms with van der Waals surface area (Å²) in [6.45, 7) is 5.01. The second kappa shape index (κ2) is 7.16. The number of hydrogen-bond donors (Lipinski definition) is 1. The molecule has 0 radical (unpaired) electrons. The van der Waals surface area contributed by atoms with Crippen LogP contribution in [0.1, 0.15) is 30.5 Å². The van der Waals surface area contributed by atoms with Gasteiger partial charge in [0.05, 0.1) is 12.7 Å². The molecule has 1 aliphatic heterocycles. The summed E-state index contributed by atoms with van der Waals surface area (Å²) < 4.78 is 21.5. The van der Waals surface area contributed by atoms with E-state index in [0.717, 1.165) is 12.4 Å². The molecule has 2 atom stereocenters. The number of β-amino-alcohol motifs (C(OH)–C–C–N with tert-alkyl or cyclic N) is 1. The molecule has 7 heteroatoms. The van der Waals surface area contributed by atoms with Crippen molar-refractivity contribution in [3.8, 4) is 0 Å². The standard InChI is InChI=1S/C16H21FN4O2/c1-2-21-11-18-19-16(21)15-10-20(7-8-23-15)9-14(22)12-5-3-4-6-13(12)17/h3-6,11,14-15,22H,2,7-10H2,1H3/t14-,15-/m1/s1. The van der Waals surface area contributed by atoms with Crippen LogP contribution in [0.5, 0.6) is 0 Å². The number of aliphatic hydroxyl groups is 1. The SMILES string of the molecule is CCn1cnnc1[C@H]1CN(C[C@@H](O)c2ccccc2F)CCO1. The van der Waals surface area contributed by atoms with Crippen molar-refractivity contribution in [3.63, 3.8) is 0 Å². The quantitative estimate of drug-likeness (QED) is 0.905. The third-order valence-corrected chi connectivity index (χ3v) is 4.12. The zero-order valence-electron chi connectivity index (χ0n) is 13.1. The first-order chi connectivity index (χ1) is 11.2. The first kappa shape index (κ1) is 16.0. The highest BCUT2D eigenvalue weighted by molar-refractivity contribution is 5.20. The van der Waals surface area contributed by atoms with Gasteiger partial charge in [0, 0.05) is 31.7 Å². The van der Waals surface area contributed by atoms with Crippen molar-refractivity contribution in [3.05, 3.63) is 47.8 Å². The summed E-state index contributed by atoms with van der Waals surface area (Å²) in [7, 11) is 0. The Bertz CT molecular complexity index is 649. The highest BCUT2D eigenvalue weighted by atomic mass is 19.1. The first-order valence-electron chi connectivity index (χ1n) is 7.83. The zero-order chi connectivity index (χ0) is 16.2. The molecule has 1 fully saturated rings. The molecule has 0 unspecified atom stereocenters. The summed E-state index contributed by atoms with van der Waals surface area (Å²) in [6.07, 6.45) is 0.643. The lowest BCUT2D eigenvalue weighted by Crippen LogP contribution is -2.41. The minimum absolute atomic E-state index is 0.181. The van der Waals surface area contributed by atoms with Crippen LogP contribution in [0.4, 0.5) is 4.39 Å². The van der Waals surface area contributed by atoms with Crippen molar-refractivity contribution in [1.29, 1.82) is 0 Å². The third-order valence-electron chi connectivity index (χ3n) is 4.12. The molecule has 0 spiro atoms. The first-order valence-corrected chi connectivity index (χ1v) is 7.83. The summed E-state index contributed by atoms with van der Waals surface area (Å²) in [6, 6.07) is 6.33. The number of aryl methyl sites for hydroxylation is 1. The Labute approximate surface area is 134 Å². The van der Waals surface area contributed by atoms with Crippen LogP contribution in [-0.4, -0.2) is 51.0 Å². The molecule has 3 rings (SSSR count). The normalized spacial score (nSPS) is 20.6. The van der Waals surface area contributed by atoms with Gasteiger partial charge in [-0.3, -0.25) is 4.90 Å². The largest absolute Gasteiger partial charge is 0.387 e. The second-order valence-corrected chi connectivity index (χ2v) is 5.63. The van der Waals surface area contributed by atoms with Gasteiger partial charge < -0.3 is 14.4 Å². The summed E-state index contributed by atoms with van der Waals surface area (Å²) >= 11 is 0. The fraction of sp³-hybridized carbons (Fsp3) is 0.500. The van der Waals surface area contributed by atoms with Crippen molar-refractivity contribution in [2.75, 3.05) is 26.2 Å². The average Bonchev–Trinajstić information content (AvgIpc) is 3.04. The summed E-state index contributed by atoms with van der Waals surface area (Å²) in [5, 5.41) is 18.4. The predicted molar refractivity (Wildman–Crippen MR) is 82.2 cm³/mol. The Balaban J connectivity index is 1.66. The molecule has 1 aromatic heterocycles. The van der Waals surface area contributed by atoms with Gasteiger partial charge in [0.15, 0.2) is 5.82 Å². The van der Waals surface area contributed by atoms with Crippen LogP contribution in [0, 0.1) is 5.82 Å². The molecule has 1 saturated heterocycles. The Morgan fingerprint density at radius 3 is 3.04 bits per heavy atom. The number of morpholine rings is 1. The fourth-order valence-electron chi connectivity index (χ4n) is 2.87. The second-order valence-electron chi connectivity index (χ2n) is 5.63. The number of aromatic nitrogens is 3. The van der Waals surface area contributed by atoms with E-state index in [1.165, 1.54) is 6.07 Å². The van der Waals surface area contributed by atoms with Gasteiger partial charge in [0.1, 0.15) is 18.2 Å². The number of aliphatic hydroxyl groups excluding tert-OH is 1. The van der Waals surface area contributed by atoms with Crippen LogP contribution in [0.25, 0.3) is 0 Å². The van der Waals surface area contributed by atoms with Crippen LogP contribution in [0.2, 0.25) is 0 Å². The highest BCUT2D eigenvalue weighted by Gasteiger charge is 2.27. The van der Waals surface area contributed by atoms with Crippen LogP contribution in [-0.2, 0) is 11.3 Å². The number of halogens is 1. The minimum Gasteiger partial charge on any atom is -0.387 e. The minimum atomic E-state index is -0.862. The summed E-state index contributed by atoms with van der Waals surface area (Å²) in [5.41, 5.74) is 0.326. The number of rotatable bonds is 5. The highest BCUT2D eigenvalue weighted by Crippen LogP contribution is 2.23. The van der Waals surface area contributed by atoms with Crippen molar-refractivity contribution in [2.45, 2.75) is 25.7 Å². The van der Waals surface area contributed by atoms with Gasteiger partial charge in [-0.05, 0) is 13.0 Å². The van der Waals surface area contributed by atoms with Gasteiger partial charge in [-0.25, -0.2) is 4.39 Å². The topological polar surface area (TPSA) is 63.4 Å². The van der Waals surface area contributed by atoms with Gasteiger partial charge in [0.25, 0.3) is 0 Å². The third kappa shape index (κ3) is 3.57. The molecule has 2 aromatic rings. The molecule has 124 valence electrons. The van der Waals surface area contributed by atoms with Crippen LogP contribution >= 0.6 is 0 Å². The van der Waals surface area contributed by atoms with E-state index in [1.807, 2.05) is 11.5 Å². The van der Waals surface area contributed by atoms with Gasteiger partial charge >= 0.3 is 0 Å². The lowest BCUT2D eigenvalue weighted by molar-refractivity contribution is -0.0479. The van der Waals surface area contributed by atoms with E-state index in [1.54, 1.807) is 24.5 Å². The Hall–Kier alpha value is -1.83. The molecule has 0 bridgehead atoms. The van der Waals surface area contributed by atoms with Crippen LogP contribution in [0.3, 0.4) is 0 Å². The molecule has 6 nitrogen and oxygen atoms in total.